The zero-order valence-electron chi connectivity index (χ0n) is 12.0. The highest BCUT2D eigenvalue weighted by molar-refractivity contribution is 5.81. The maximum Gasteiger partial charge on any atom is 0.239 e. The fourth-order valence-corrected chi connectivity index (χ4v) is 2.10. The van der Waals surface area contributed by atoms with E-state index in [0.717, 1.165) is 17.7 Å². The summed E-state index contributed by atoms with van der Waals surface area (Å²) in [5.41, 5.74) is 1.81. The molecule has 0 saturated carbocycles. The number of anilines is 1. The van der Waals surface area contributed by atoms with Crippen LogP contribution in [0.4, 0.5) is 10.1 Å². The van der Waals surface area contributed by atoms with Crippen LogP contribution in [0.1, 0.15) is 24.9 Å². The van der Waals surface area contributed by atoms with E-state index in [2.05, 4.69) is 10.6 Å². The molecule has 2 rings (SSSR count). The highest BCUT2D eigenvalue weighted by Gasteiger charge is 2.11. The Morgan fingerprint density at radius 2 is 1.76 bits per heavy atom. The van der Waals surface area contributed by atoms with E-state index in [1.165, 1.54) is 12.1 Å². The van der Waals surface area contributed by atoms with Crippen molar-refractivity contribution in [2.24, 2.45) is 0 Å². The van der Waals surface area contributed by atoms with Gasteiger partial charge in [-0.3, -0.25) is 4.79 Å². The fourth-order valence-electron chi connectivity index (χ4n) is 2.10. The summed E-state index contributed by atoms with van der Waals surface area (Å²) in [5.74, 6) is -0.379. The Bertz CT molecular complexity index is 569. The lowest BCUT2D eigenvalue weighted by atomic mass is 10.0. The second kappa shape index (κ2) is 7.43. The minimum atomic E-state index is -0.292. The Balaban J connectivity index is 1.87. The second-order valence-corrected chi connectivity index (χ2v) is 4.80. The van der Waals surface area contributed by atoms with Crippen molar-refractivity contribution in [3.8, 4) is 0 Å². The number of benzene rings is 2. The molecule has 0 aliphatic rings. The monoisotopic (exact) mass is 286 g/mol. The van der Waals surface area contributed by atoms with Crippen LogP contribution in [-0.4, -0.2) is 12.5 Å². The predicted octanol–water partition coefficient (Wildman–Crippen LogP) is 3.51. The maximum absolute atomic E-state index is 12.8. The van der Waals surface area contributed by atoms with Crippen LogP contribution in [0.5, 0.6) is 0 Å². The zero-order valence-corrected chi connectivity index (χ0v) is 12.0. The van der Waals surface area contributed by atoms with Crippen LogP contribution in [-0.2, 0) is 4.79 Å². The third-order valence-corrected chi connectivity index (χ3v) is 3.24. The van der Waals surface area contributed by atoms with Gasteiger partial charge in [0.1, 0.15) is 5.82 Å². The maximum atomic E-state index is 12.8. The number of rotatable bonds is 6. The van der Waals surface area contributed by atoms with Crippen LogP contribution in [0.2, 0.25) is 0 Å². The Hall–Kier alpha value is -2.36. The van der Waals surface area contributed by atoms with Crippen molar-refractivity contribution in [2.75, 3.05) is 11.9 Å². The van der Waals surface area contributed by atoms with E-state index >= 15 is 0 Å². The molecule has 0 heterocycles. The molecule has 0 aliphatic carbocycles. The summed E-state index contributed by atoms with van der Waals surface area (Å²) >= 11 is 0. The Labute approximate surface area is 124 Å². The molecule has 1 unspecified atom stereocenters. The lowest BCUT2D eigenvalue weighted by Gasteiger charge is -2.17. The summed E-state index contributed by atoms with van der Waals surface area (Å²) in [7, 11) is 0. The molecule has 2 N–H and O–H groups in total. The third kappa shape index (κ3) is 4.60. The number of hydrogen-bond acceptors (Lipinski definition) is 2. The summed E-state index contributed by atoms with van der Waals surface area (Å²) in [6.45, 7) is 2.19. The normalized spacial score (nSPS) is 11.7. The Morgan fingerprint density at radius 3 is 2.38 bits per heavy atom. The van der Waals surface area contributed by atoms with Gasteiger partial charge in [0.15, 0.2) is 0 Å². The molecule has 0 aliphatic heterocycles. The number of hydrogen-bond donors (Lipinski definition) is 2. The van der Waals surface area contributed by atoms with Crippen molar-refractivity contribution in [1.29, 1.82) is 0 Å². The molecule has 0 radical (unpaired) electrons. The first-order valence-corrected chi connectivity index (χ1v) is 7.02. The largest absolute Gasteiger partial charge is 0.376 e. The first-order valence-electron chi connectivity index (χ1n) is 7.02. The lowest BCUT2D eigenvalue weighted by Crippen LogP contribution is -2.33. The Morgan fingerprint density at radius 1 is 1.10 bits per heavy atom. The first kappa shape index (κ1) is 15.0. The highest BCUT2D eigenvalue weighted by atomic mass is 19.1. The van der Waals surface area contributed by atoms with Crippen LogP contribution in [0, 0.1) is 5.82 Å². The summed E-state index contributed by atoms with van der Waals surface area (Å²) in [6.07, 6.45) is 0.826. The molecule has 110 valence electrons. The van der Waals surface area contributed by atoms with Crippen molar-refractivity contribution >= 4 is 11.6 Å². The number of amides is 1. The van der Waals surface area contributed by atoms with E-state index in [1.54, 1.807) is 12.1 Å². The molecular weight excluding hydrogens is 267 g/mol. The summed E-state index contributed by atoms with van der Waals surface area (Å²) < 4.78 is 12.8. The van der Waals surface area contributed by atoms with Gasteiger partial charge in [0, 0.05) is 5.69 Å². The van der Waals surface area contributed by atoms with E-state index < -0.39 is 0 Å². The molecule has 1 atom stereocenters. The minimum Gasteiger partial charge on any atom is -0.376 e. The van der Waals surface area contributed by atoms with Gasteiger partial charge < -0.3 is 10.6 Å². The molecular formula is C17H19FN2O. The molecule has 0 fully saturated rings. The molecule has 0 saturated heterocycles. The van der Waals surface area contributed by atoms with Crippen molar-refractivity contribution in [3.63, 3.8) is 0 Å². The van der Waals surface area contributed by atoms with Crippen molar-refractivity contribution in [2.45, 2.75) is 19.4 Å². The van der Waals surface area contributed by atoms with E-state index in [0.29, 0.717) is 0 Å². The molecule has 0 aromatic heterocycles. The number of carbonyl (C=O) groups is 1. The quantitative estimate of drug-likeness (QED) is 0.853. The first-order chi connectivity index (χ1) is 10.2. The molecule has 2 aromatic rings. The van der Waals surface area contributed by atoms with Crippen molar-refractivity contribution < 1.29 is 9.18 Å². The van der Waals surface area contributed by atoms with Crippen molar-refractivity contribution in [1.82, 2.24) is 5.32 Å². The van der Waals surface area contributed by atoms with Crippen LogP contribution in [0.15, 0.2) is 54.6 Å². The van der Waals surface area contributed by atoms with Crippen LogP contribution in [0.3, 0.4) is 0 Å². The van der Waals surface area contributed by atoms with Crippen LogP contribution < -0.4 is 10.6 Å². The average Bonchev–Trinajstić information content (AvgIpc) is 2.53. The molecule has 2 aromatic carbocycles. The highest BCUT2D eigenvalue weighted by Crippen LogP contribution is 2.15. The lowest BCUT2D eigenvalue weighted by molar-refractivity contribution is -0.120. The van der Waals surface area contributed by atoms with E-state index in [9.17, 15) is 9.18 Å². The minimum absolute atomic E-state index is 0.00807. The number of halogens is 1. The Kier molecular flexibility index (Phi) is 5.32. The predicted molar refractivity (Wildman–Crippen MR) is 82.5 cm³/mol. The van der Waals surface area contributed by atoms with Crippen LogP contribution >= 0.6 is 0 Å². The van der Waals surface area contributed by atoms with Gasteiger partial charge in [0.05, 0.1) is 12.6 Å². The SMILES string of the molecule is CCC(NC(=O)CNc1ccc(F)cc1)c1ccccc1. The average molecular weight is 286 g/mol. The van der Waals surface area contributed by atoms with Gasteiger partial charge in [0.25, 0.3) is 0 Å². The zero-order chi connectivity index (χ0) is 15.1. The van der Waals surface area contributed by atoms with E-state index in [-0.39, 0.29) is 24.3 Å². The summed E-state index contributed by atoms with van der Waals surface area (Å²) in [5, 5.41) is 5.96. The smallest absolute Gasteiger partial charge is 0.239 e. The van der Waals surface area contributed by atoms with E-state index in [1.807, 2.05) is 37.3 Å². The van der Waals surface area contributed by atoms with Gasteiger partial charge >= 0.3 is 0 Å². The van der Waals surface area contributed by atoms with Crippen LogP contribution in [0.25, 0.3) is 0 Å². The molecule has 21 heavy (non-hydrogen) atoms. The van der Waals surface area contributed by atoms with E-state index in [4.69, 9.17) is 0 Å². The topological polar surface area (TPSA) is 41.1 Å². The van der Waals surface area contributed by atoms with Gasteiger partial charge in [-0.05, 0) is 36.2 Å². The summed E-state index contributed by atoms with van der Waals surface area (Å²) in [6, 6.07) is 15.8. The third-order valence-electron chi connectivity index (χ3n) is 3.24. The molecule has 1 amide bonds. The fraction of sp³-hybridized carbons (Fsp3) is 0.235. The number of nitrogens with one attached hydrogen (secondary N) is 2. The molecule has 4 heteroatoms. The standard InChI is InChI=1S/C17H19FN2O/c1-2-16(13-6-4-3-5-7-13)20-17(21)12-19-15-10-8-14(18)9-11-15/h3-11,16,19H,2,12H2,1H3,(H,20,21). The summed E-state index contributed by atoms with van der Waals surface area (Å²) in [4.78, 5) is 12.0. The molecule has 0 spiro atoms. The van der Waals surface area contributed by atoms with Gasteiger partial charge in [-0.25, -0.2) is 4.39 Å². The number of carbonyl (C=O) groups excluding carboxylic acids is 1. The van der Waals surface area contributed by atoms with Gasteiger partial charge in [-0.2, -0.15) is 0 Å². The van der Waals surface area contributed by atoms with Crippen molar-refractivity contribution in [3.05, 3.63) is 66.0 Å². The van der Waals surface area contributed by atoms with Gasteiger partial charge in [-0.1, -0.05) is 37.3 Å². The van der Waals surface area contributed by atoms with Gasteiger partial charge in [-0.15, -0.1) is 0 Å². The molecule has 3 nitrogen and oxygen atoms in total. The second-order valence-electron chi connectivity index (χ2n) is 4.80. The van der Waals surface area contributed by atoms with Gasteiger partial charge in [0.2, 0.25) is 5.91 Å². The molecule has 0 bridgehead atoms.